The SMILES string of the molecule is CCNC(=O)OC(=O)OC(CC)CC. The number of amides is 1. The molecular weight excluding hydrogens is 186 g/mol. The summed E-state index contributed by atoms with van der Waals surface area (Å²) < 4.78 is 9.16. The molecular formula is C9H17NO4. The molecule has 0 heterocycles. The number of rotatable bonds is 4. The molecule has 5 heteroatoms. The number of ether oxygens (including phenoxy) is 2. The second kappa shape index (κ2) is 7.17. The minimum absolute atomic E-state index is 0.183. The first-order valence-corrected chi connectivity index (χ1v) is 4.80. The Morgan fingerprint density at radius 2 is 1.79 bits per heavy atom. The molecule has 1 N–H and O–H groups in total. The van der Waals surface area contributed by atoms with E-state index in [1.165, 1.54) is 0 Å². The Bertz CT molecular complexity index is 189. The Hall–Kier alpha value is -1.26. The minimum Gasteiger partial charge on any atom is -0.431 e. The van der Waals surface area contributed by atoms with Crippen molar-refractivity contribution in [1.29, 1.82) is 0 Å². The molecule has 0 atom stereocenters. The fourth-order valence-corrected chi connectivity index (χ4v) is 0.872. The lowest BCUT2D eigenvalue weighted by atomic mass is 10.2. The molecule has 0 aliphatic heterocycles. The Labute approximate surface area is 83.8 Å². The van der Waals surface area contributed by atoms with Crippen LogP contribution >= 0.6 is 0 Å². The van der Waals surface area contributed by atoms with Gasteiger partial charge in [-0.05, 0) is 19.8 Å². The van der Waals surface area contributed by atoms with Gasteiger partial charge >= 0.3 is 12.2 Å². The van der Waals surface area contributed by atoms with E-state index < -0.39 is 12.2 Å². The van der Waals surface area contributed by atoms with Gasteiger partial charge in [-0.15, -0.1) is 0 Å². The number of hydrogen-bond acceptors (Lipinski definition) is 4. The van der Waals surface area contributed by atoms with Gasteiger partial charge in [0.1, 0.15) is 6.10 Å². The summed E-state index contributed by atoms with van der Waals surface area (Å²) in [5.74, 6) is 0. The van der Waals surface area contributed by atoms with Crippen LogP contribution in [0, 0.1) is 0 Å². The molecule has 0 aliphatic rings. The van der Waals surface area contributed by atoms with Crippen molar-refractivity contribution in [3.8, 4) is 0 Å². The van der Waals surface area contributed by atoms with Crippen LogP contribution in [-0.4, -0.2) is 24.9 Å². The van der Waals surface area contributed by atoms with Gasteiger partial charge in [0, 0.05) is 6.54 Å². The van der Waals surface area contributed by atoms with Crippen molar-refractivity contribution in [3.05, 3.63) is 0 Å². The Balaban J connectivity index is 3.79. The molecule has 0 fully saturated rings. The third-order valence-electron chi connectivity index (χ3n) is 1.67. The molecule has 0 radical (unpaired) electrons. The van der Waals surface area contributed by atoms with Gasteiger partial charge in [0.15, 0.2) is 0 Å². The summed E-state index contributed by atoms with van der Waals surface area (Å²) in [7, 11) is 0. The molecule has 0 aromatic rings. The topological polar surface area (TPSA) is 64.6 Å². The number of alkyl carbamates (subject to hydrolysis) is 1. The first-order chi connectivity index (χ1) is 6.63. The highest BCUT2D eigenvalue weighted by molar-refractivity contribution is 5.80. The molecule has 0 unspecified atom stereocenters. The molecule has 0 bridgehead atoms. The lowest BCUT2D eigenvalue weighted by Crippen LogP contribution is -2.28. The van der Waals surface area contributed by atoms with Gasteiger partial charge in [0.2, 0.25) is 0 Å². The van der Waals surface area contributed by atoms with Crippen molar-refractivity contribution < 1.29 is 19.1 Å². The fraction of sp³-hybridized carbons (Fsp3) is 0.778. The van der Waals surface area contributed by atoms with Crippen LogP contribution in [0.5, 0.6) is 0 Å². The molecule has 14 heavy (non-hydrogen) atoms. The number of carbonyl (C=O) groups is 2. The van der Waals surface area contributed by atoms with Gasteiger partial charge < -0.3 is 14.8 Å². The number of hydrogen-bond donors (Lipinski definition) is 1. The Morgan fingerprint density at radius 1 is 1.21 bits per heavy atom. The number of nitrogens with one attached hydrogen (secondary N) is 1. The van der Waals surface area contributed by atoms with E-state index in [1.807, 2.05) is 13.8 Å². The summed E-state index contributed by atoms with van der Waals surface area (Å²) in [6, 6.07) is 0. The second-order valence-electron chi connectivity index (χ2n) is 2.73. The van der Waals surface area contributed by atoms with E-state index in [0.29, 0.717) is 19.4 Å². The zero-order valence-corrected chi connectivity index (χ0v) is 8.83. The zero-order chi connectivity index (χ0) is 11.0. The summed E-state index contributed by atoms with van der Waals surface area (Å²) in [5, 5.41) is 2.32. The van der Waals surface area contributed by atoms with Gasteiger partial charge in [-0.2, -0.15) is 0 Å². The quantitative estimate of drug-likeness (QED) is 0.561. The van der Waals surface area contributed by atoms with E-state index in [2.05, 4.69) is 10.1 Å². The maximum absolute atomic E-state index is 11.0. The summed E-state index contributed by atoms with van der Waals surface area (Å²) in [6.07, 6.45) is -0.479. The summed E-state index contributed by atoms with van der Waals surface area (Å²) >= 11 is 0. The van der Waals surface area contributed by atoms with E-state index >= 15 is 0 Å². The van der Waals surface area contributed by atoms with Crippen molar-refractivity contribution in [2.45, 2.75) is 39.7 Å². The molecule has 1 amide bonds. The van der Waals surface area contributed by atoms with Gasteiger partial charge in [-0.25, -0.2) is 9.59 Å². The van der Waals surface area contributed by atoms with Gasteiger partial charge in [0.05, 0.1) is 0 Å². The standard InChI is InChI=1S/C9H17NO4/c1-4-7(5-2)13-9(12)14-8(11)10-6-3/h7H,4-6H2,1-3H3,(H,10,11). The molecule has 82 valence electrons. The van der Waals surface area contributed by atoms with Crippen LogP contribution in [0.1, 0.15) is 33.6 Å². The highest BCUT2D eigenvalue weighted by atomic mass is 16.7. The van der Waals surface area contributed by atoms with Crippen molar-refractivity contribution in [2.24, 2.45) is 0 Å². The van der Waals surface area contributed by atoms with E-state index in [9.17, 15) is 9.59 Å². The van der Waals surface area contributed by atoms with E-state index in [4.69, 9.17) is 4.74 Å². The highest BCUT2D eigenvalue weighted by Crippen LogP contribution is 2.04. The monoisotopic (exact) mass is 203 g/mol. The van der Waals surface area contributed by atoms with Crippen molar-refractivity contribution in [3.63, 3.8) is 0 Å². The second-order valence-corrected chi connectivity index (χ2v) is 2.73. The van der Waals surface area contributed by atoms with Gasteiger partial charge in [-0.1, -0.05) is 13.8 Å². The van der Waals surface area contributed by atoms with Crippen molar-refractivity contribution in [2.75, 3.05) is 6.54 Å². The normalized spacial score (nSPS) is 9.71. The predicted octanol–water partition coefficient (Wildman–Crippen LogP) is 2.06. The molecule has 0 rings (SSSR count). The van der Waals surface area contributed by atoms with Crippen LogP contribution in [0.4, 0.5) is 9.59 Å². The molecule has 0 saturated carbocycles. The van der Waals surface area contributed by atoms with Gasteiger partial charge in [0.25, 0.3) is 0 Å². The highest BCUT2D eigenvalue weighted by Gasteiger charge is 2.14. The van der Waals surface area contributed by atoms with Crippen LogP contribution in [0.2, 0.25) is 0 Å². The van der Waals surface area contributed by atoms with Crippen molar-refractivity contribution in [1.82, 2.24) is 5.32 Å². The fourth-order valence-electron chi connectivity index (χ4n) is 0.872. The smallest absolute Gasteiger partial charge is 0.431 e. The average Bonchev–Trinajstić information content (AvgIpc) is 2.14. The van der Waals surface area contributed by atoms with E-state index in [-0.39, 0.29) is 6.10 Å². The molecule has 0 aromatic heterocycles. The van der Waals surface area contributed by atoms with E-state index in [0.717, 1.165) is 0 Å². The lowest BCUT2D eigenvalue weighted by molar-refractivity contribution is 0.0392. The first-order valence-electron chi connectivity index (χ1n) is 4.80. The maximum atomic E-state index is 11.0. The predicted molar refractivity (Wildman–Crippen MR) is 51.0 cm³/mol. The molecule has 0 aromatic carbocycles. The molecule has 0 spiro atoms. The van der Waals surface area contributed by atoms with Crippen LogP contribution in [0.3, 0.4) is 0 Å². The van der Waals surface area contributed by atoms with E-state index in [1.54, 1.807) is 6.92 Å². The third-order valence-corrected chi connectivity index (χ3v) is 1.67. The first kappa shape index (κ1) is 12.7. The van der Waals surface area contributed by atoms with Crippen LogP contribution in [0.25, 0.3) is 0 Å². The van der Waals surface area contributed by atoms with Crippen molar-refractivity contribution >= 4 is 12.2 Å². The molecule has 0 saturated heterocycles. The summed E-state index contributed by atoms with van der Waals surface area (Å²) in [5.41, 5.74) is 0. The maximum Gasteiger partial charge on any atom is 0.517 e. The van der Waals surface area contributed by atoms with Gasteiger partial charge in [-0.3, -0.25) is 0 Å². The van der Waals surface area contributed by atoms with Crippen LogP contribution in [0.15, 0.2) is 0 Å². The average molecular weight is 203 g/mol. The zero-order valence-electron chi connectivity index (χ0n) is 8.83. The molecule has 5 nitrogen and oxygen atoms in total. The summed E-state index contributed by atoms with van der Waals surface area (Å²) in [6.45, 7) is 5.94. The third kappa shape index (κ3) is 5.40. The minimum atomic E-state index is -0.940. The summed E-state index contributed by atoms with van der Waals surface area (Å²) in [4.78, 5) is 21.7. The molecule has 0 aliphatic carbocycles. The van der Waals surface area contributed by atoms with Crippen LogP contribution in [-0.2, 0) is 9.47 Å². The Morgan fingerprint density at radius 3 is 2.21 bits per heavy atom. The largest absolute Gasteiger partial charge is 0.517 e. The number of carbonyl (C=O) groups excluding carboxylic acids is 2. The van der Waals surface area contributed by atoms with Crippen LogP contribution < -0.4 is 5.32 Å². The lowest BCUT2D eigenvalue weighted by Gasteiger charge is -2.12. The Kier molecular flexibility index (Phi) is 6.53.